The number of aromatic nitrogens is 5. The third kappa shape index (κ3) is 3.96. The predicted octanol–water partition coefficient (Wildman–Crippen LogP) is 4.19. The van der Waals surface area contributed by atoms with Crippen LogP contribution in [0.25, 0.3) is 16.7 Å². The molecule has 0 saturated heterocycles. The number of pyridine rings is 1. The van der Waals surface area contributed by atoms with Crippen molar-refractivity contribution < 1.29 is 18.0 Å². The molecule has 0 fully saturated rings. The number of nitrogens with zero attached hydrogens (tertiary/aromatic N) is 5. The molecule has 32 heavy (non-hydrogen) atoms. The highest BCUT2D eigenvalue weighted by Crippen LogP contribution is 2.30. The highest BCUT2D eigenvalue weighted by Gasteiger charge is 2.31. The van der Waals surface area contributed by atoms with E-state index in [0.29, 0.717) is 16.7 Å². The fraction of sp³-hybridized carbons (Fsp3) is 0.190. The van der Waals surface area contributed by atoms with Gasteiger partial charge in [0.2, 0.25) is 0 Å². The minimum absolute atomic E-state index is 0.0954. The number of fused-ring (bicyclic) bond motifs is 1. The Morgan fingerprint density at radius 3 is 2.47 bits per heavy atom. The number of nitrogen functional groups attached to an aromatic ring is 1. The highest BCUT2D eigenvalue weighted by atomic mass is 19.4. The van der Waals surface area contributed by atoms with E-state index in [0.717, 1.165) is 24.0 Å². The van der Waals surface area contributed by atoms with Crippen LogP contribution < -0.4 is 11.1 Å². The fourth-order valence-corrected chi connectivity index (χ4v) is 3.19. The van der Waals surface area contributed by atoms with Crippen LogP contribution in [0.1, 0.15) is 41.4 Å². The number of carbonyl (C=O) groups excluding carboxylic acids is 1. The topological polar surface area (TPSA) is 112 Å². The Bertz CT molecular complexity index is 1300. The van der Waals surface area contributed by atoms with E-state index in [4.69, 9.17) is 5.73 Å². The summed E-state index contributed by atoms with van der Waals surface area (Å²) in [6, 6.07) is 7.97. The number of hydrogen-bond donors (Lipinski definition) is 2. The Kier molecular flexibility index (Phi) is 5.25. The lowest BCUT2D eigenvalue weighted by Crippen LogP contribution is -2.14. The Morgan fingerprint density at radius 1 is 1.09 bits per heavy atom. The van der Waals surface area contributed by atoms with Gasteiger partial charge in [-0.05, 0) is 42.3 Å². The zero-order valence-electron chi connectivity index (χ0n) is 17.1. The van der Waals surface area contributed by atoms with Gasteiger partial charge < -0.3 is 11.1 Å². The van der Waals surface area contributed by atoms with Gasteiger partial charge in [-0.3, -0.25) is 4.79 Å². The molecular weight excluding hydrogens is 423 g/mol. The van der Waals surface area contributed by atoms with Crippen LogP contribution in [0.3, 0.4) is 0 Å². The summed E-state index contributed by atoms with van der Waals surface area (Å²) in [5.74, 6) is -0.428. The second-order valence-electron chi connectivity index (χ2n) is 7.34. The Balaban J connectivity index is 1.63. The quantitative estimate of drug-likeness (QED) is 0.491. The summed E-state index contributed by atoms with van der Waals surface area (Å²) in [5, 5.41) is 6.99. The van der Waals surface area contributed by atoms with Gasteiger partial charge in [0.05, 0.1) is 16.9 Å². The SMILES string of the molecule is CC(C)c1nn(-c2ccc(C(=O)Nc3cc(C(F)(F)F)ccn3)cc2)c2c(N)ncnc12. The molecule has 1 amide bonds. The summed E-state index contributed by atoms with van der Waals surface area (Å²) in [4.78, 5) is 24.6. The van der Waals surface area contributed by atoms with Gasteiger partial charge in [0, 0.05) is 11.8 Å². The summed E-state index contributed by atoms with van der Waals surface area (Å²) >= 11 is 0. The first-order chi connectivity index (χ1) is 15.1. The van der Waals surface area contributed by atoms with Crippen molar-refractivity contribution in [1.82, 2.24) is 24.7 Å². The number of nitrogens with one attached hydrogen (secondary N) is 1. The summed E-state index contributed by atoms with van der Waals surface area (Å²) in [7, 11) is 0. The molecule has 0 atom stereocenters. The molecule has 4 rings (SSSR count). The van der Waals surface area contributed by atoms with Gasteiger partial charge >= 0.3 is 6.18 Å². The van der Waals surface area contributed by atoms with E-state index >= 15 is 0 Å². The average molecular weight is 441 g/mol. The van der Waals surface area contributed by atoms with E-state index in [9.17, 15) is 18.0 Å². The third-order valence-electron chi connectivity index (χ3n) is 4.76. The van der Waals surface area contributed by atoms with Gasteiger partial charge in [-0.15, -0.1) is 0 Å². The number of alkyl halides is 3. The van der Waals surface area contributed by atoms with Crippen molar-refractivity contribution in [2.45, 2.75) is 25.9 Å². The minimum Gasteiger partial charge on any atom is -0.382 e. The lowest BCUT2D eigenvalue weighted by molar-refractivity contribution is -0.137. The van der Waals surface area contributed by atoms with E-state index in [1.807, 2.05) is 13.8 Å². The van der Waals surface area contributed by atoms with Crippen LogP contribution >= 0.6 is 0 Å². The summed E-state index contributed by atoms with van der Waals surface area (Å²) < 4.78 is 40.2. The molecule has 1 aromatic carbocycles. The number of halogens is 3. The first-order valence-electron chi connectivity index (χ1n) is 9.59. The number of benzene rings is 1. The maximum atomic E-state index is 12.9. The highest BCUT2D eigenvalue weighted by molar-refractivity contribution is 6.04. The van der Waals surface area contributed by atoms with Crippen LogP contribution in [0, 0.1) is 0 Å². The molecule has 8 nitrogen and oxygen atoms in total. The van der Waals surface area contributed by atoms with Crippen molar-refractivity contribution in [1.29, 1.82) is 0 Å². The van der Waals surface area contributed by atoms with Gasteiger partial charge in [-0.1, -0.05) is 13.8 Å². The number of carbonyl (C=O) groups is 1. The molecule has 4 aromatic rings. The number of amides is 1. The van der Waals surface area contributed by atoms with Crippen molar-refractivity contribution in [2.24, 2.45) is 0 Å². The van der Waals surface area contributed by atoms with Crippen LogP contribution in [0.15, 0.2) is 48.9 Å². The second-order valence-corrected chi connectivity index (χ2v) is 7.34. The standard InChI is InChI=1S/C21H18F3N7O/c1-11(2)16-17-18(19(25)28-10-27-17)31(30-16)14-5-3-12(4-6-14)20(32)29-15-9-13(7-8-26-15)21(22,23)24/h3-11H,1-2H3,(H2,25,27,28)(H,26,29,32). The lowest BCUT2D eigenvalue weighted by atomic mass is 10.1. The number of hydrogen-bond acceptors (Lipinski definition) is 6. The van der Waals surface area contributed by atoms with Crippen LogP contribution in [0.4, 0.5) is 24.8 Å². The van der Waals surface area contributed by atoms with Crippen LogP contribution in [-0.4, -0.2) is 30.6 Å². The second kappa shape index (κ2) is 7.91. The molecule has 3 heterocycles. The van der Waals surface area contributed by atoms with E-state index < -0.39 is 17.6 Å². The summed E-state index contributed by atoms with van der Waals surface area (Å²) in [6.45, 7) is 3.97. The average Bonchev–Trinajstić information content (AvgIpc) is 3.15. The zero-order chi connectivity index (χ0) is 23.0. The summed E-state index contributed by atoms with van der Waals surface area (Å²) in [5.41, 5.74) is 7.97. The van der Waals surface area contributed by atoms with Gasteiger partial charge in [-0.2, -0.15) is 18.3 Å². The molecule has 3 aromatic heterocycles. The van der Waals surface area contributed by atoms with Crippen LogP contribution in [0.5, 0.6) is 0 Å². The largest absolute Gasteiger partial charge is 0.416 e. The van der Waals surface area contributed by atoms with Gasteiger partial charge in [0.15, 0.2) is 5.82 Å². The molecule has 164 valence electrons. The predicted molar refractivity (Wildman–Crippen MR) is 112 cm³/mol. The van der Waals surface area contributed by atoms with Crippen molar-refractivity contribution in [3.63, 3.8) is 0 Å². The molecule has 0 aliphatic carbocycles. The van der Waals surface area contributed by atoms with Crippen molar-refractivity contribution >= 4 is 28.6 Å². The molecule has 0 spiro atoms. The number of rotatable bonds is 4. The molecule has 11 heteroatoms. The van der Waals surface area contributed by atoms with Crippen molar-refractivity contribution in [2.75, 3.05) is 11.1 Å². The van der Waals surface area contributed by atoms with Crippen molar-refractivity contribution in [3.05, 3.63) is 65.7 Å². The van der Waals surface area contributed by atoms with Crippen molar-refractivity contribution in [3.8, 4) is 5.69 Å². The molecule has 0 unspecified atom stereocenters. The third-order valence-corrected chi connectivity index (χ3v) is 4.76. The minimum atomic E-state index is -4.53. The maximum Gasteiger partial charge on any atom is 0.416 e. The first kappa shape index (κ1) is 21.2. The summed E-state index contributed by atoms with van der Waals surface area (Å²) in [6.07, 6.45) is -2.16. The zero-order valence-corrected chi connectivity index (χ0v) is 17.1. The normalized spacial score (nSPS) is 11.8. The molecule has 0 aliphatic heterocycles. The smallest absolute Gasteiger partial charge is 0.382 e. The first-order valence-corrected chi connectivity index (χ1v) is 9.59. The number of nitrogens with two attached hydrogens (primary N) is 1. The van der Waals surface area contributed by atoms with E-state index in [1.165, 1.54) is 18.5 Å². The lowest BCUT2D eigenvalue weighted by Gasteiger charge is -2.10. The van der Waals surface area contributed by atoms with E-state index in [2.05, 4.69) is 25.4 Å². The molecular formula is C21H18F3N7O. The molecule has 0 radical (unpaired) electrons. The molecule has 0 aliphatic rings. The Hall–Kier alpha value is -4.02. The molecule has 0 saturated carbocycles. The van der Waals surface area contributed by atoms with Gasteiger partial charge in [-0.25, -0.2) is 19.6 Å². The van der Waals surface area contributed by atoms with E-state index in [-0.39, 0.29) is 23.1 Å². The van der Waals surface area contributed by atoms with Gasteiger partial charge in [0.1, 0.15) is 23.2 Å². The monoisotopic (exact) mass is 441 g/mol. The van der Waals surface area contributed by atoms with E-state index in [1.54, 1.807) is 16.8 Å². The maximum absolute atomic E-state index is 12.9. The fourth-order valence-electron chi connectivity index (χ4n) is 3.19. The van der Waals surface area contributed by atoms with Gasteiger partial charge in [0.25, 0.3) is 5.91 Å². The van der Waals surface area contributed by atoms with Crippen LogP contribution in [-0.2, 0) is 6.18 Å². The molecule has 0 bridgehead atoms. The number of anilines is 2. The Labute approximate surface area is 180 Å². The molecule has 3 N–H and O–H groups in total. The van der Waals surface area contributed by atoms with Crippen LogP contribution in [0.2, 0.25) is 0 Å². The Morgan fingerprint density at radius 2 is 1.81 bits per heavy atom.